The highest BCUT2D eigenvalue weighted by molar-refractivity contribution is 9.10. The third kappa shape index (κ3) is 3.14. The predicted molar refractivity (Wildman–Crippen MR) is 65.1 cm³/mol. The molecule has 1 aromatic rings. The van der Waals surface area contributed by atoms with Gasteiger partial charge in [0.2, 0.25) is 5.92 Å². The van der Waals surface area contributed by atoms with E-state index in [1.165, 1.54) is 18.3 Å². The SMILES string of the molecule is Cc1sc(C(Cl)C(C)C(C)(F)F)cc1Br. The molecule has 0 N–H and O–H groups in total. The summed E-state index contributed by atoms with van der Waals surface area (Å²) in [5.74, 6) is -3.62. The molecule has 2 unspecified atom stereocenters. The van der Waals surface area contributed by atoms with Crippen LogP contribution in [-0.4, -0.2) is 5.92 Å². The molecule has 1 heterocycles. The molecule has 0 radical (unpaired) electrons. The van der Waals surface area contributed by atoms with E-state index >= 15 is 0 Å². The van der Waals surface area contributed by atoms with Gasteiger partial charge in [-0.1, -0.05) is 6.92 Å². The monoisotopic (exact) mass is 316 g/mol. The van der Waals surface area contributed by atoms with Crippen LogP contribution in [0.25, 0.3) is 0 Å². The Morgan fingerprint density at radius 3 is 2.40 bits per heavy atom. The van der Waals surface area contributed by atoms with E-state index in [0.29, 0.717) is 0 Å². The normalized spacial score (nSPS) is 16.5. The van der Waals surface area contributed by atoms with Crippen molar-refractivity contribution in [2.24, 2.45) is 5.92 Å². The van der Waals surface area contributed by atoms with Crippen molar-refractivity contribution in [2.45, 2.75) is 32.1 Å². The van der Waals surface area contributed by atoms with Crippen molar-refractivity contribution in [2.75, 3.05) is 0 Å². The van der Waals surface area contributed by atoms with Gasteiger partial charge in [0.05, 0.1) is 5.38 Å². The molecule has 15 heavy (non-hydrogen) atoms. The molecule has 5 heteroatoms. The van der Waals surface area contributed by atoms with E-state index in [2.05, 4.69) is 15.9 Å². The standard InChI is InChI=1S/C10H12BrClF2S/c1-5(10(3,13)14)9(12)8-4-7(11)6(2)15-8/h4-5,9H,1-3H3. The zero-order chi connectivity index (χ0) is 11.8. The first kappa shape index (κ1) is 13.4. The summed E-state index contributed by atoms with van der Waals surface area (Å²) in [6.07, 6.45) is 0. The average Bonchev–Trinajstić information content (AvgIpc) is 2.43. The largest absolute Gasteiger partial charge is 0.249 e. The summed E-state index contributed by atoms with van der Waals surface area (Å²) in [5, 5.41) is -0.639. The molecular formula is C10H12BrClF2S. The van der Waals surface area contributed by atoms with E-state index < -0.39 is 17.2 Å². The van der Waals surface area contributed by atoms with Crippen LogP contribution in [0.4, 0.5) is 8.78 Å². The lowest BCUT2D eigenvalue weighted by atomic mass is 10.00. The fraction of sp³-hybridized carbons (Fsp3) is 0.600. The lowest BCUT2D eigenvalue weighted by Crippen LogP contribution is -2.24. The van der Waals surface area contributed by atoms with Gasteiger partial charge in [-0.2, -0.15) is 0 Å². The number of hydrogen-bond donors (Lipinski definition) is 0. The molecule has 1 aromatic heterocycles. The van der Waals surface area contributed by atoms with Crippen LogP contribution in [0.1, 0.15) is 29.0 Å². The molecule has 0 amide bonds. The highest BCUT2D eigenvalue weighted by Crippen LogP contribution is 2.42. The van der Waals surface area contributed by atoms with Crippen molar-refractivity contribution in [1.29, 1.82) is 0 Å². The Morgan fingerprint density at radius 2 is 2.07 bits per heavy atom. The Bertz CT molecular complexity index is 326. The summed E-state index contributed by atoms with van der Waals surface area (Å²) < 4.78 is 27.1. The van der Waals surface area contributed by atoms with Crippen molar-refractivity contribution in [3.8, 4) is 0 Å². The molecule has 0 saturated carbocycles. The molecule has 0 fully saturated rings. The maximum atomic E-state index is 13.1. The van der Waals surface area contributed by atoms with Crippen LogP contribution in [0.3, 0.4) is 0 Å². The fourth-order valence-electron chi connectivity index (χ4n) is 1.12. The highest BCUT2D eigenvalue weighted by atomic mass is 79.9. The summed E-state index contributed by atoms with van der Waals surface area (Å²) in [5.41, 5.74) is 0. The van der Waals surface area contributed by atoms with Gasteiger partial charge < -0.3 is 0 Å². The third-order valence-electron chi connectivity index (χ3n) is 2.39. The molecule has 0 bridgehead atoms. The molecule has 0 spiro atoms. The number of hydrogen-bond acceptors (Lipinski definition) is 1. The molecule has 2 atom stereocenters. The smallest absolute Gasteiger partial charge is 0.207 e. The Hall–Kier alpha value is 0.330. The van der Waals surface area contributed by atoms with Gasteiger partial charge in [-0.3, -0.25) is 0 Å². The van der Waals surface area contributed by atoms with E-state index in [1.807, 2.05) is 13.0 Å². The molecular weight excluding hydrogens is 306 g/mol. The number of thiophene rings is 1. The Morgan fingerprint density at radius 1 is 1.53 bits per heavy atom. The molecule has 0 aromatic carbocycles. The van der Waals surface area contributed by atoms with Crippen LogP contribution >= 0.6 is 38.9 Å². The van der Waals surface area contributed by atoms with Gasteiger partial charge in [0.25, 0.3) is 0 Å². The molecule has 0 aliphatic rings. The first-order valence-corrected chi connectivity index (χ1v) is 6.55. The van der Waals surface area contributed by atoms with Gasteiger partial charge in [0.15, 0.2) is 0 Å². The number of rotatable bonds is 3. The summed E-state index contributed by atoms with van der Waals surface area (Å²) in [6.45, 7) is 4.31. The van der Waals surface area contributed by atoms with Crippen molar-refractivity contribution >= 4 is 38.9 Å². The van der Waals surface area contributed by atoms with Gasteiger partial charge >= 0.3 is 0 Å². The molecule has 0 aliphatic carbocycles. The van der Waals surface area contributed by atoms with Crippen LogP contribution in [0, 0.1) is 12.8 Å². The lowest BCUT2D eigenvalue weighted by molar-refractivity contribution is -0.0336. The summed E-state index contributed by atoms with van der Waals surface area (Å²) >= 11 is 10.8. The van der Waals surface area contributed by atoms with Gasteiger partial charge in [-0.15, -0.1) is 22.9 Å². The molecule has 1 rings (SSSR count). The molecule has 0 aliphatic heterocycles. The topological polar surface area (TPSA) is 0 Å². The van der Waals surface area contributed by atoms with Crippen LogP contribution in [0.5, 0.6) is 0 Å². The second-order valence-corrected chi connectivity index (χ2v) is 6.31. The maximum absolute atomic E-state index is 13.1. The quantitative estimate of drug-likeness (QED) is 0.656. The highest BCUT2D eigenvalue weighted by Gasteiger charge is 2.36. The zero-order valence-corrected chi connectivity index (χ0v) is 11.8. The van der Waals surface area contributed by atoms with Gasteiger partial charge in [-0.05, 0) is 35.8 Å². The van der Waals surface area contributed by atoms with Crippen molar-refractivity contribution in [3.63, 3.8) is 0 Å². The molecule has 0 saturated heterocycles. The van der Waals surface area contributed by atoms with Crippen LogP contribution in [-0.2, 0) is 0 Å². The van der Waals surface area contributed by atoms with Crippen molar-refractivity contribution < 1.29 is 8.78 Å². The van der Waals surface area contributed by atoms with E-state index in [0.717, 1.165) is 21.2 Å². The van der Waals surface area contributed by atoms with E-state index in [-0.39, 0.29) is 0 Å². The molecule has 86 valence electrons. The zero-order valence-electron chi connectivity index (χ0n) is 8.65. The maximum Gasteiger partial charge on any atom is 0.249 e. The Kier molecular flexibility index (Phi) is 4.18. The third-order valence-corrected chi connectivity index (χ3v) is 5.35. The van der Waals surface area contributed by atoms with Crippen LogP contribution in [0.15, 0.2) is 10.5 Å². The van der Waals surface area contributed by atoms with Gasteiger partial charge in [-0.25, -0.2) is 8.78 Å². The molecule has 0 nitrogen and oxygen atoms in total. The van der Waals surface area contributed by atoms with E-state index in [1.54, 1.807) is 0 Å². The number of halogens is 4. The Labute approximate surface area is 106 Å². The predicted octanol–water partition coefficient (Wildman–Crippen LogP) is 5.39. The minimum atomic E-state index is -2.75. The Balaban J connectivity index is 2.90. The first-order chi connectivity index (χ1) is 6.73. The number of alkyl halides is 3. The average molecular weight is 318 g/mol. The summed E-state index contributed by atoms with van der Waals surface area (Å²) in [6, 6.07) is 1.82. The second-order valence-electron chi connectivity index (χ2n) is 3.70. The van der Waals surface area contributed by atoms with E-state index in [9.17, 15) is 8.78 Å². The first-order valence-electron chi connectivity index (χ1n) is 4.51. The number of aryl methyl sites for hydroxylation is 1. The minimum Gasteiger partial charge on any atom is -0.207 e. The van der Waals surface area contributed by atoms with Crippen molar-refractivity contribution in [3.05, 3.63) is 20.3 Å². The van der Waals surface area contributed by atoms with Gasteiger partial charge in [0.1, 0.15) is 0 Å². The van der Waals surface area contributed by atoms with Crippen molar-refractivity contribution in [1.82, 2.24) is 0 Å². The second kappa shape index (κ2) is 4.68. The lowest BCUT2D eigenvalue weighted by Gasteiger charge is -2.23. The van der Waals surface area contributed by atoms with Gasteiger partial charge in [0, 0.05) is 20.1 Å². The van der Waals surface area contributed by atoms with Crippen LogP contribution < -0.4 is 0 Å². The summed E-state index contributed by atoms with van der Waals surface area (Å²) in [7, 11) is 0. The van der Waals surface area contributed by atoms with Crippen LogP contribution in [0.2, 0.25) is 0 Å². The van der Waals surface area contributed by atoms with E-state index in [4.69, 9.17) is 11.6 Å². The summed E-state index contributed by atoms with van der Waals surface area (Å²) in [4.78, 5) is 1.84. The minimum absolute atomic E-state index is 0.639. The fourth-order valence-corrected chi connectivity index (χ4v) is 3.18.